The van der Waals surface area contributed by atoms with Crippen LogP contribution in [0, 0.1) is 6.92 Å². The molecule has 0 aliphatic rings. The van der Waals surface area contributed by atoms with E-state index >= 15 is 0 Å². The number of hydrogen-bond acceptors (Lipinski definition) is 4. The average Bonchev–Trinajstić information content (AvgIpc) is 3.30. The number of aryl methyl sites for hydroxylation is 1. The van der Waals surface area contributed by atoms with Crippen LogP contribution in [0.4, 0.5) is 0 Å². The molecule has 0 aliphatic carbocycles. The van der Waals surface area contributed by atoms with E-state index < -0.39 is 18.1 Å². The quantitative estimate of drug-likeness (QED) is 0.311. The number of carbonyl (C=O) groups excluding carboxylic acids is 2. The van der Waals surface area contributed by atoms with E-state index in [0.717, 1.165) is 33.3 Å². The van der Waals surface area contributed by atoms with Crippen LogP contribution in [0.3, 0.4) is 0 Å². The van der Waals surface area contributed by atoms with Gasteiger partial charge in [-0.25, -0.2) is 4.98 Å². The predicted octanol–water partition coefficient (Wildman–Crippen LogP) is 2.82. The van der Waals surface area contributed by atoms with Crippen LogP contribution >= 0.6 is 0 Å². The minimum atomic E-state index is -1.25. The monoisotopic (exact) mass is 456 g/mol. The number of amides is 2. The molecule has 7 nitrogen and oxygen atoms in total. The molecule has 0 radical (unpaired) electrons. The normalized spacial score (nSPS) is 12.8. The second-order valence-corrected chi connectivity index (χ2v) is 8.44. The van der Waals surface area contributed by atoms with Crippen molar-refractivity contribution in [3.8, 4) is 0 Å². The summed E-state index contributed by atoms with van der Waals surface area (Å²) in [4.78, 5) is 33.2. The Morgan fingerprint density at radius 3 is 2.53 bits per heavy atom. The lowest BCUT2D eigenvalue weighted by molar-refractivity contribution is -0.134. The zero-order valence-corrected chi connectivity index (χ0v) is 19.0. The summed E-state index contributed by atoms with van der Waals surface area (Å²) in [5, 5.41) is 17.0. The predicted molar refractivity (Wildman–Crippen MR) is 131 cm³/mol. The molecule has 4 N–H and O–H groups in total. The van der Waals surface area contributed by atoms with Crippen LogP contribution in [0.2, 0.25) is 0 Å². The smallest absolute Gasteiger partial charge is 0.249 e. The van der Waals surface area contributed by atoms with Gasteiger partial charge in [-0.05, 0) is 35.7 Å². The number of aromatic amines is 1. The molecule has 4 rings (SSSR count). The molecule has 2 amide bonds. The molecule has 4 aromatic rings. The first-order valence-electron chi connectivity index (χ1n) is 11.3. The summed E-state index contributed by atoms with van der Waals surface area (Å²) in [6.07, 6.45) is 2.75. The van der Waals surface area contributed by atoms with Gasteiger partial charge < -0.3 is 20.7 Å². The van der Waals surface area contributed by atoms with Gasteiger partial charge in [0.25, 0.3) is 0 Å². The SMILES string of the molecule is Cc1cccc(C[C@H](NC(=O)[C@H](O)Cc2ccccc2)C(=O)NCc2cnc3[nH]ccc3c2)c1. The fourth-order valence-electron chi connectivity index (χ4n) is 3.88. The Kier molecular flexibility index (Phi) is 7.34. The number of aliphatic hydroxyl groups is 1. The second-order valence-electron chi connectivity index (χ2n) is 8.44. The minimum Gasteiger partial charge on any atom is -0.383 e. The number of fused-ring (bicyclic) bond motifs is 1. The number of nitrogens with zero attached hydrogens (tertiary/aromatic N) is 1. The van der Waals surface area contributed by atoms with Crippen molar-refractivity contribution in [3.05, 3.63) is 101 Å². The standard InChI is InChI=1S/C27H28N4O3/c1-18-6-5-9-20(12-18)14-23(31-27(34)24(32)15-19-7-3-2-4-8-19)26(33)30-17-21-13-22-10-11-28-25(22)29-16-21/h2-13,16,23-24,32H,14-15,17H2,1H3,(H,28,29)(H,30,33)(H,31,34)/t23-,24+/m0/s1. The number of rotatable bonds is 9. The third-order valence-corrected chi connectivity index (χ3v) is 5.65. The lowest BCUT2D eigenvalue weighted by Crippen LogP contribution is -2.51. The molecular weight excluding hydrogens is 428 g/mol. The van der Waals surface area contributed by atoms with E-state index in [2.05, 4.69) is 20.6 Å². The molecular formula is C27H28N4O3. The van der Waals surface area contributed by atoms with Crippen LogP contribution in [0.25, 0.3) is 11.0 Å². The molecule has 7 heteroatoms. The van der Waals surface area contributed by atoms with E-state index in [1.165, 1.54) is 0 Å². The number of hydrogen-bond donors (Lipinski definition) is 4. The van der Waals surface area contributed by atoms with Crippen LogP contribution in [0.5, 0.6) is 0 Å². The van der Waals surface area contributed by atoms with Crippen LogP contribution in [-0.4, -0.2) is 39.0 Å². The van der Waals surface area contributed by atoms with Crippen molar-refractivity contribution in [1.82, 2.24) is 20.6 Å². The van der Waals surface area contributed by atoms with E-state index in [-0.39, 0.29) is 18.9 Å². The molecule has 2 heterocycles. The third-order valence-electron chi connectivity index (χ3n) is 5.65. The Hall–Kier alpha value is -3.97. The summed E-state index contributed by atoms with van der Waals surface area (Å²) in [7, 11) is 0. The summed E-state index contributed by atoms with van der Waals surface area (Å²) in [6, 6.07) is 20.1. The lowest BCUT2D eigenvalue weighted by atomic mass is 10.0. The second kappa shape index (κ2) is 10.8. The molecule has 0 saturated heterocycles. The van der Waals surface area contributed by atoms with Crippen LogP contribution in [0.15, 0.2) is 79.1 Å². The maximum Gasteiger partial charge on any atom is 0.249 e. The van der Waals surface area contributed by atoms with E-state index in [4.69, 9.17) is 0 Å². The fraction of sp³-hybridized carbons (Fsp3) is 0.222. The molecule has 2 atom stereocenters. The van der Waals surface area contributed by atoms with Crippen LogP contribution < -0.4 is 10.6 Å². The topological polar surface area (TPSA) is 107 Å². The Labute approximate surface area is 198 Å². The maximum absolute atomic E-state index is 13.1. The van der Waals surface area contributed by atoms with Gasteiger partial charge in [-0.15, -0.1) is 0 Å². The molecule has 0 saturated carbocycles. The number of carbonyl (C=O) groups is 2. The minimum absolute atomic E-state index is 0.174. The summed E-state index contributed by atoms with van der Waals surface area (Å²) in [5.74, 6) is -0.900. The van der Waals surface area contributed by atoms with Gasteiger partial charge in [0.2, 0.25) is 11.8 Å². The fourth-order valence-corrected chi connectivity index (χ4v) is 3.88. The molecule has 0 bridgehead atoms. The highest BCUT2D eigenvalue weighted by Crippen LogP contribution is 2.12. The van der Waals surface area contributed by atoms with Crippen molar-refractivity contribution >= 4 is 22.8 Å². The van der Waals surface area contributed by atoms with Crippen molar-refractivity contribution in [1.29, 1.82) is 0 Å². The molecule has 0 fully saturated rings. The number of nitrogens with one attached hydrogen (secondary N) is 3. The first-order valence-corrected chi connectivity index (χ1v) is 11.3. The summed E-state index contributed by atoms with van der Waals surface area (Å²) in [6.45, 7) is 2.25. The van der Waals surface area contributed by atoms with Gasteiger partial charge in [0, 0.05) is 37.2 Å². The van der Waals surface area contributed by atoms with Gasteiger partial charge in [0.05, 0.1) is 0 Å². The zero-order valence-electron chi connectivity index (χ0n) is 19.0. The highest BCUT2D eigenvalue weighted by Gasteiger charge is 2.25. The molecule has 0 spiro atoms. The molecule has 0 aliphatic heterocycles. The average molecular weight is 457 g/mol. The van der Waals surface area contributed by atoms with Crippen LogP contribution in [0.1, 0.15) is 22.3 Å². The van der Waals surface area contributed by atoms with Crippen molar-refractivity contribution < 1.29 is 14.7 Å². The van der Waals surface area contributed by atoms with E-state index in [1.54, 1.807) is 6.20 Å². The number of H-pyrrole nitrogens is 1. The van der Waals surface area contributed by atoms with Gasteiger partial charge in [-0.3, -0.25) is 9.59 Å². The van der Waals surface area contributed by atoms with Crippen molar-refractivity contribution in [2.75, 3.05) is 0 Å². The van der Waals surface area contributed by atoms with Crippen LogP contribution in [-0.2, 0) is 29.0 Å². The zero-order chi connectivity index (χ0) is 23.9. The Bertz CT molecular complexity index is 1270. The summed E-state index contributed by atoms with van der Waals surface area (Å²) in [5.41, 5.74) is 4.47. The van der Waals surface area contributed by atoms with Crippen molar-refractivity contribution in [2.24, 2.45) is 0 Å². The molecule has 34 heavy (non-hydrogen) atoms. The van der Waals surface area contributed by atoms with E-state index in [0.29, 0.717) is 6.42 Å². The lowest BCUT2D eigenvalue weighted by Gasteiger charge is -2.21. The summed E-state index contributed by atoms with van der Waals surface area (Å²) < 4.78 is 0. The number of aliphatic hydroxyl groups excluding tert-OH is 1. The van der Waals surface area contributed by atoms with E-state index in [1.807, 2.05) is 79.9 Å². The largest absolute Gasteiger partial charge is 0.383 e. The van der Waals surface area contributed by atoms with Gasteiger partial charge in [0.1, 0.15) is 17.8 Å². The highest BCUT2D eigenvalue weighted by molar-refractivity contribution is 5.89. The van der Waals surface area contributed by atoms with E-state index in [9.17, 15) is 14.7 Å². The molecule has 2 aromatic heterocycles. The van der Waals surface area contributed by atoms with Crippen molar-refractivity contribution in [2.45, 2.75) is 38.5 Å². The first-order chi connectivity index (χ1) is 16.5. The van der Waals surface area contributed by atoms with Crippen molar-refractivity contribution in [3.63, 3.8) is 0 Å². The molecule has 174 valence electrons. The summed E-state index contributed by atoms with van der Waals surface area (Å²) >= 11 is 0. The van der Waals surface area contributed by atoms with Gasteiger partial charge in [-0.1, -0.05) is 60.2 Å². The highest BCUT2D eigenvalue weighted by atomic mass is 16.3. The molecule has 0 unspecified atom stereocenters. The van der Waals surface area contributed by atoms with Gasteiger partial charge in [-0.2, -0.15) is 0 Å². The molecule has 2 aromatic carbocycles. The number of benzene rings is 2. The number of pyridine rings is 1. The Morgan fingerprint density at radius 1 is 0.941 bits per heavy atom. The number of aromatic nitrogens is 2. The third kappa shape index (κ3) is 6.08. The first kappa shape index (κ1) is 23.2. The van der Waals surface area contributed by atoms with Gasteiger partial charge >= 0.3 is 0 Å². The Morgan fingerprint density at radius 2 is 1.74 bits per heavy atom. The van der Waals surface area contributed by atoms with Gasteiger partial charge in [0.15, 0.2) is 0 Å². The Balaban J connectivity index is 1.44. The maximum atomic E-state index is 13.1.